The lowest BCUT2D eigenvalue weighted by Crippen LogP contribution is -2.42. The molecule has 0 aliphatic rings. The highest BCUT2D eigenvalue weighted by Gasteiger charge is 2.38. The number of hydrogen-bond acceptors (Lipinski definition) is 4. The van der Waals surface area contributed by atoms with Crippen molar-refractivity contribution in [2.75, 3.05) is 13.2 Å². The zero-order valence-corrected chi connectivity index (χ0v) is 13.9. The third kappa shape index (κ3) is 3.86. The third-order valence-corrected chi connectivity index (χ3v) is 3.66. The van der Waals surface area contributed by atoms with E-state index in [-0.39, 0.29) is 31.1 Å². The molecule has 0 spiro atoms. The molecule has 0 aliphatic heterocycles. The number of carbonyl (C=O) groups is 1. The van der Waals surface area contributed by atoms with Crippen LogP contribution in [0.4, 0.5) is 4.39 Å². The molecule has 1 atom stereocenters. The number of ether oxygens (including phenoxy) is 1. The first-order chi connectivity index (χ1) is 10.5. The first kappa shape index (κ1) is 19.1. The minimum absolute atomic E-state index is 0. The fourth-order valence-corrected chi connectivity index (χ4v) is 2.23. The van der Waals surface area contributed by atoms with Crippen molar-refractivity contribution in [2.45, 2.75) is 19.3 Å². The minimum Gasteiger partial charge on any atom is -0.465 e. The number of halogens is 2. The van der Waals surface area contributed by atoms with E-state index in [1.165, 1.54) is 6.07 Å². The van der Waals surface area contributed by atoms with Gasteiger partial charge in [-0.05, 0) is 44.2 Å². The summed E-state index contributed by atoms with van der Waals surface area (Å²) in [4.78, 5) is 16.5. The van der Waals surface area contributed by atoms with Gasteiger partial charge in [-0.1, -0.05) is 6.07 Å². The maximum absolute atomic E-state index is 14.3. The van der Waals surface area contributed by atoms with Crippen LogP contribution in [0.15, 0.2) is 42.6 Å². The van der Waals surface area contributed by atoms with Crippen LogP contribution in [-0.4, -0.2) is 24.1 Å². The summed E-state index contributed by atoms with van der Waals surface area (Å²) in [7, 11) is 0. The fraction of sp³-hybridized carbons (Fsp3) is 0.294. The lowest BCUT2D eigenvalue weighted by Gasteiger charge is -2.27. The van der Waals surface area contributed by atoms with E-state index in [0.717, 1.165) is 5.56 Å². The molecule has 6 heteroatoms. The molecular formula is C17H20ClFN2O2. The highest BCUT2D eigenvalue weighted by atomic mass is 35.5. The molecule has 2 rings (SSSR count). The molecule has 0 bridgehead atoms. The Morgan fingerprint density at radius 2 is 2.09 bits per heavy atom. The number of benzene rings is 1. The van der Waals surface area contributed by atoms with Crippen molar-refractivity contribution in [1.82, 2.24) is 4.98 Å². The predicted octanol–water partition coefficient (Wildman–Crippen LogP) is 3.09. The van der Waals surface area contributed by atoms with Crippen LogP contribution in [0.3, 0.4) is 0 Å². The average molecular weight is 339 g/mol. The van der Waals surface area contributed by atoms with Crippen LogP contribution in [0, 0.1) is 5.82 Å². The summed E-state index contributed by atoms with van der Waals surface area (Å²) >= 11 is 0. The van der Waals surface area contributed by atoms with Crippen molar-refractivity contribution in [2.24, 2.45) is 5.73 Å². The first-order valence-electron chi connectivity index (χ1n) is 7.11. The van der Waals surface area contributed by atoms with E-state index in [9.17, 15) is 9.18 Å². The number of rotatable bonds is 5. The second-order valence-electron chi connectivity index (χ2n) is 5.17. The van der Waals surface area contributed by atoms with E-state index in [1.54, 1.807) is 38.2 Å². The van der Waals surface area contributed by atoms with Crippen molar-refractivity contribution in [3.8, 4) is 11.3 Å². The molecule has 2 aromatic rings. The number of esters is 1. The maximum Gasteiger partial charge on any atom is 0.317 e. The molecule has 23 heavy (non-hydrogen) atoms. The van der Waals surface area contributed by atoms with Gasteiger partial charge in [0.25, 0.3) is 0 Å². The molecule has 1 aromatic carbocycles. The zero-order valence-electron chi connectivity index (χ0n) is 13.1. The van der Waals surface area contributed by atoms with E-state index in [2.05, 4.69) is 4.98 Å². The van der Waals surface area contributed by atoms with Gasteiger partial charge in [-0.3, -0.25) is 9.78 Å². The van der Waals surface area contributed by atoms with Crippen LogP contribution < -0.4 is 5.73 Å². The Morgan fingerprint density at radius 1 is 1.35 bits per heavy atom. The summed E-state index contributed by atoms with van der Waals surface area (Å²) in [5.74, 6) is -1.02. The summed E-state index contributed by atoms with van der Waals surface area (Å²) in [6.07, 6.45) is 1.66. The molecule has 2 N–H and O–H groups in total. The molecule has 0 radical (unpaired) electrons. The monoisotopic (exact) mass is 338 g/mol. The van der Waals surface area contributed by atoms with Gasteiger partial charge in [-0.15, -0.1) is 12.4 Å². The third-order valence-electron chi connectivity index (χ3n) is 3.66. The van der Waals surface area contributed by atoms with Crippen molar-refractivity contribution < 1.29 is 13.9 Å². The molecule has 0 saturated heterocycles. The Bertz CT molecular complexity index is 667. The summed E-state index contributed by atoms with van der Waals surface area (Å²) in [5.41, 5.74) is 6.16. The Labute approximate surface area is 141 Å². The lowest BCUT2D eigenvalue weighted by molar-refractivity contribution is -0.149. The fourth-order valence-electron chi connectivity index (χ4n) is 2.23. The van der Waals surface area contributed by atoms with Gasteiger partial charge >= 0.3 is 5.97 Å². The summed E-state index contributed by atoms with van der Waals surface area (Å²) < 4.78 is 19.3. The van der Waals surface area contributed by atoms with Crippen LogP contribution in [0.1, 0.15) is 19.4 Å². The smallest absolute Gasteiger partial charge is 0.317 e. The van der Waals surface area contributed by atoms with Gasteiger partial charge in [0.05, 0.1) is 12.3 Å². The van der Waals surface area contributed by atoms with E-state index in [0.29, 0.717) is 5.69 Å². The van der Waals surface area contributed by atoms with E-state index >= 15 is 0 Å². The van der Waals surface area contributed by atoms with Gasteiger partial charge in [0.15, 0.2) is 0 Å². The van der Waals surface area contributed by atoms with Gasteiger partial charge < -0.3 is 10.5 Å². The van der Waals surface area contributed by atoms with Crippen LogP contribution in [-0.2, 0) is 14.9 Å². The SMILES string of the molecule is CCOC(=O)C(C)(CN)c1cc(-c2ccccn2)ccc1F.Cl. The lowest BCUT2D eigenvalue weighted by atomic mass is 9.81. The van der Waals surface area contributed by atoms with Crippen LogP contribution in [0.5, 0.6) is 0 Å². The molecule has 4 nitrogen and oxygen atoms in total. The van der Waals surface area contributed by atoms with Crippen LogP contribution >= 0.6 is 12.4 Å². The first-order valence-corrected chi connectivity index (χ1v) is 7.11. The van der Waals surface area contributed by atoms with E-state index in [4.69, 9.17) is 10.5 Å². The second kappa shape index (κ2) is 8.04. The highest BCUT2D eigenvalue weighted by molar-refractivity contribution is 5.85. The van der Waals surface area contributed by atoms with Crippen molar-refractivity contribution in [1.29, 1.82) is 0 Å². The van der Waals surface area contributed by atoms with Crippen LogP contribution in [0.2, 0.25) is 0 Å². The zero-order chi connectivity index (χ0) is 16.2. The van der Waals surface area contributed by atoms with Crippen molar-refractivity contribution in [3.63, 3.8) is 0 Å². The molecule has 1 heterocycles. The Morgan fingerprint density at radius 3 is 2.65 bits per heavy atom. The van der Waals surface area contributed by atoms with E-state index in [1.807, 2.05) is 12.1 Å². The Kier molecular flexibility index (Phi) is 6.66. The van der Waals surface area contributed by atoms with Gasteiger partial charge in [0, 0.05) is 23.9 Å². The number of aromatic nitrogens is 1. The molecule has 0 fully saturated rings. The molecule has 124 valence electrons. The number of hydrogen-bond donors (Lipinski definition) is 1. The van der Waals surface area contributed by atoms with Crippen molar-refractivity contribution >= 4 is 18.4 Å². The maximum atomic E-state index is 14.3. The number of nitrogens with zero attached hydrogens (tertiary/aromatic N) is 1. The summed E-state index contributed by atoms with van der Waals surface area (Å²) in [6.45, 7) is 3.46. The van der Waals surface area contributed by atoms with Gasteiger partial charge in [0.1, 0.15) is 11.2 Å². The van der Waals surface area contributed by atoms with Crippen LogP contribution in [0.25, 0.3) is 11.3 Å². The van der Waals surface area contributed by atoms with Gasteiger partial charge in [0.2, 0.25) is 0 Å². The standard InChI is InChI=1S/C17H19FN2O2.ClH/c1-3-22-16(21)17(2,11-19)13-10-12(7-8-14(13)18)15-6-4-5-9-20-15;/h4-10H,3,11,19H2,1-2H3;1H. The van der Waals surface area contributed by atoms with E-state index < -0.39 is 17.2 Å². The highest BCUT2D eigenvalue weighted by Crippen LogP contribution is 2.30. The predicted molar refractivity (Wildman–Crippen MR) is 89.9 cm³/mol. The van der Waals surface area contributed by atoms with Crippen molar-refractivity contribution in [3.05, 3.63) is 54.0 Å². The summed E-state index contributed by atoms with van der Waals surface area (Å²) in [6, 6.07) is 10.0. The molecular weight excluding hydrogens is 319 g/mol. The molecule has 0 saturated carbocycles. The molecule has 0 amide bonds. The number of carbonyl (C=O) groups excluding carboxylic acids is 1. The minimum atomic E-state index is -1.23. The number of pyridine rings is 1. The molecule has 1 aromatic heterocycles. The Hall–Kier alpha value is -1.98. The van der Waals surface area contributed by atoms with Gasteiger partial charge in [-0.25, -0.2) is 4.39 Å². The topological polar surface area (TPSA) is 65.2 Å². The number of nitrogens with two attached hydrogens (primary N) is 1. The molecule has 1 unspecified atom stereocenters. The molecule has 0 aliphatic carbocycles. The largest absolute Gasteiger partial charge is 0.465 e. The summed E-state index contributed by atoms with van der Waals surface area (Å²) in [5, 5.41) is 0. The Balaban J connectivity index is 0.00000264. The van der Waals surface area contributed by atoms with Gasteiger partial charge in [-0.2, -0.15) is 0 Å². The normalized spacial score (nSPS) is 12.9. The average Bonchev–Trinajstić information content (AvgIpc) is 2.55. The quantitative estimate of drug-likeness (QED) is 0.851. The second-order valence-corrected chi connectivity index (χ2v) is 5.17.